The highest BCUT2D eigenvalue weighted by molar-refractivity contribution is 7.08. The Hall–Kier alpha value is -2.90. The van der Waals surface area contributed by atoms with Crippen molar-refractivity contribution < 1.29 is 13.9 Å². The van der Waals surface area contributed by atoms with E-state index >= 15 is 0 Å². The molecule has 0 aliphatic carbocycles. The lowest BCUT2D eigenvalue weighted by atomic mass is 10.1. The molecule has 3 rings (SSSR count). The maximum Gasteiger partial charge on any atom is 0.134 e. The zero-order valence-corrected chi connectivity index (χ0v) is 19.8. The van der Waals surface area contributed by atoms with Gasteiger partial charge in [-0.2, -0.15) is 5.10 Å². The van der Waals surface area contributed by atoms with Gasteiger partial charge in [0.05, 0.1) is 24.6 Å². The molecular weight excluding hydrogens is 425 g/mol. The zero-order chi connectivity index (χ0) is 22.9. The van der Waals surface area contributed by atoms with E-state index in [2.05, 4.69) is 29.9 Å². The topological polar surface area (TPSA) is 48.3 Å². The Bertz CT molecular complexity index is 1080. The minimum atomic E-state index is -0.517. The lowest BCUT2D eigenvalue weighted by Gasteiger charge is -2.15. The van der Waals surface area contributed by atoms with Crippen molar-refractivity contribution in [1.29, 1.82) is 0 Å². The standard InChI is InChI=1S/C25H30FN3O2S/c1-5-22(20(15-30-4)10-8-12-26)27-25-14-23(19-9-7-11-21(13-19)31-6-2)28-29(25)24-17-32-16-18(24)3/h7-11,13-14,16-17,27H,5-6,12,15H2,1-4H3/b10-8-,22-20-. The van der Waals surface area contributed by atoms with Crippen LogP contribution in [0.3, 0.4) is 0 Å². The number of benzene rings is 1. The molecule has 170 valence electrons. The summed E-state index contributed by atoms with van der Waals surface area (Å²) in [5.41, 5.74) is 5.84. The third-order valence-corrected chi connectivity index (χ3v) is 5.78. The first kappa shape index (κ1) is 23.8. The van der Waals surface area contributed by atoms with Crippen molar-refractivity contribution in [1.82, 2.24) is 9.78 Å². The van der Waals surface area contributed by atoms with Gasteiger partial charge in [-0.1, -0.05) is 31.2 Å². The van der Waals surface area contributed by atoms with Crippen LogP contribution in [0.25, 0.3) is 16.9 Å². The van der Waals surface area contributed by atoms with Crippen molar-refractivity contribution in [2.45, 2.75) is 27.2 Å². The molecule has 0 fully saturated rings. The smallest absolute Gasteiger partial charge is 0.134 e. The van der Waals surface area contributed by atoms with Crippen molar-refractivity contribution >= 4 is 17.2 Å². The molecule has 0 atom stereocenters. The number of nitrogens with zero attached hydrogens (tertiary/aromatic N) is 2. The molecule has 0 bridgehead atoms. The molecule has 1 aromatic carbocycles. The Kier molecular flexibility index (Phi) is 8.64. The van der Waals surface area contributed by atoms with Gasteiger partial charge in [0.1, 0.15) is 18.2 Å². The highest BCUT2D eigenvalue weighted by Gasteiger charge is 2.16. The molecule has 0 spiro atoms. The second-order valence-electron chi connectivity index (χ2n) is 7.20. The van der Waals surface area contributed by atoms with E-state index in [0.29, 0.717) is 13.2 Å². The van der Waals surface area contributed by atoms with Crippen molar-refractivity contribution in [3.05, 3.63) is 70.1 Å². The van der Waals surface area contributed by atoms with Crippen LogP contribution in [0.5, 0.6) is 5.75 Å². The fourth-order valence-electron chi connectivity index (χ4n) is 3.41. The lowest BCUT2D eigenvalue weighted by molar-refractivity contribution is 0.227. The van der Waals surface area contributed by atoms with Gasteiger partial charge in [0, 0.05) is 29.8 Å². The van der Waals surface area contributed by atoms with Gasteiger partial charge in [-0.25, -0.2) is 9.07 Å². The van der Waals surface area contributed by atoms with Gasteiger partial charge in [0.15, 0.2) is 0 Å². The molecule has 0 amide bonds. The van der Waals surface area contributed by atoms with Crippen molar-refractivity contribution in [3.63, 3.8) is 0 Å². The van der Waals surface area contributed by atoms with Crippen LogP contribution in [0.15, 0.2) is 64.5 Å². The second-order valence-corrected chi connectivity index (χ2v) is 7.94. The number of allylic oxidation sites excluding steroid dienone is 2. The quantitative estimate of drug-likeness (QED) is 0.333. The second kappa shape index (κ2) is 11.6. The van der Waals surface area contributed by atoms with Crippen LogP contribution in [0.2, 0.25) is 0 Å². The van der Waals surface area contributed by atoms with E-state index in [1.165, 1.54) is 6.08 Å². The fourth-order valence-corrected chi connectivity index (χ4v) is 4.21. The van der Waals surface area contributed by atoms with E-state index < -0.39 is 6.67 Å². The Morgan fingerprint density at radius 1 is 1.25 bits per heavy atom. The van der Waals surface area contributed by atoms with Gasteiger partial charge in [-0.15, -0.1) is 11.3 Å². The molecule has 2 aromatic heterocycles. The van der Waals surface area contributed by atoms with E-state index in [9.17, 15) is 4.39 Å². The van der Waals surface area contributed by atoms with Crippen LogP contribution in [0.1, 0.15) is 25.8 Å². The molecule has 32 heavy (non-hydrogen) atoms. The summed E-state index contributed by atoms with van der Waals surface area (Å²) < 4.78 is 25.7. The number of hydrogen-bond acceptors (Lipinski definition) is 5. The van der Waals surface area contributed by atoms with E-state index in [1.807, 2.05) is 41.9 Å². The number of alkyl halides is 1. The van der Waals surface area contributed by atoms with E-state index in [-0.39, 0.29) is 0 Å². The molecule has 0 unspecified atom stereocenters. The molecule has 0 aliphatic heterocycles. The van der Waals surface area contributed by atoms with E-state index in [4.69, 9.17) is 14.6 Å². The number of aryl methyl sites for hydroxylation is 1. The number of nitrogens with one attached hydrogen (secondary N) is 1. The summed E-state index contributed by atoms with van der Waals surface area (Å²) >= 11 is 1.64. The number of anilines is 1. The van der Waals surface area contributed by atoms with Crippen molar-refractivity contribution in [2.75, 3.05) is 32.3 Å². The minimum absolute atomic E-state index is 0.390. The molecule has 0 aliphatic rings. The van der Waals surface area contributed by atoms with Gasteiger partial charge in [0.2, 0.25) is 0 Å². The molecule has 0 saturated carbocycles. The fraction of sp³-hybridized carbons (Fsp3) is 0.320. The number of ether oxygens (including phenoxy) is 2. The molecule has 0 radical (unpaired) electrons. The summed E-state index contributed by atoms with van der Waals surface area (Å²) in [5.74, 6) is 1.65. The Balaban J connectivity index is 2.08. The molecule has 1 N–H and O–H groups in total. The summed E-state index contributed by atoms with van der Waals surface area (Å²) in [4.78, 5) is 0. The monoisotopic (exact) mass is 455 g/mol. The number of aromatic nitrogens is 2. The molecular formula is C25H30FN3O2S. The maximum atomic E-state index is 12.8. The third kappa shape index (κ3) is 5.66. The number of thiophene rings is 1. The van der Waals surface area contributed by atoms with Gasteiger partial charge in [0.25, 0.3) is 0 Å². The summed E-state index contributed by atoms with van der Waals surface area (Å²) in [6.07, 6.45) is 4.01. The van der Waals surface area contributed by atoms with Gasteiger partial charge >= 0.3 is 0 Å². The Morgan fingerprint density at radius 2 is 2.09 bits per heavy atom. The number of halogens is 1. The van der Waals surface area contributed by atoms with Crippen LogP contribution in [0.4, 0.5) is 10.2 Å². The SMILES string of the molecule is CCOc1cccc(-c2cc(N/C(CC)=C(/C=C\CF)COC)n(-c3cscc3C)n2)c1. The molecule has 2 heterocycles. The summed E-state index contributed by atoms with van der Waals surface area (Å²) in [7, 11) is 1.64. The Labute approximate surface area is 193 Å². The van der Waals surface area contributed by atoms with Crippen LogP contribution >= 0.6 is 11.3 Å². The first-order chi connectivity index (χ1) is 15.6. The average molecular weight is 456 g/mol. The highest BCUT2D eigenvalue weighted by Crippen LogP contribution is 2.30. The minimum Gasteiger partial charge on any atom is -0.494 e. The number of rotatable bonds is 11. The summed E-state index contributed by atoms with van der Waals surface area (Å²) in [6.45, 7) is 6.58. The predicted octanol–water partition coefficient (Wildman–Crippen LogP) is 6.56. The number of hydrogen-bond donors (Lipinski definition) is 1. The van der Waals surface area contributed by atoms with Gasteiger partial charge < -0.3 is 14.8 Å². The van der Waals surface area contributed by atoms with E-state index in [0.717, 1.165) is 51.8 Å². The first-order valence-electron chi connectivity index (χ1n) is 10.7. The predicted molar refractivity (Wildman–Crippen MR) is 131 cm³/mol. The summed E-state index contributed by atoms with van der Waals surface area (Å²) in [5, 5.41) is 12.6. The molecule has 5 nitrogen and oxygen atoms in total. The Morgan fingerprint density at radius 3 is 2.75 bits per heavy atom. The average Bonchev–Trinajstić information content (AvgIpc) is 3.41. The number of methoxy groups -OCH3 is 1. The lowest BCUT2D eigenvalue weighted by Crippen LogP contribution is -2.10. The first-order valence-corrected chi connectivity index (χ1v) is 11.6. The van der Waals surface area contributed by atoms with Crippen LogP contribution < -0.4 is 10.1 Å². The van der Waals surface area contributed by atoms with E-state index in [1.54, 1.807) is 24.5 Å². The van der Waals surface area contributed by atoms with Crippen LogP contribution in [0, 0.1) is 6.92 Å². The van der Waals surface area contributed by atoms with Crippen molar-refractivity contribution in [2.24, 2.45) is 0 Å². The van der Waals surface area contributed by atoms with Gasteiger partial charge in [-0.05, 0) is 48.9 Å². The molecule has 3 aromatic rings. The highest BCUT2D eigenvalue weighted by atomic mass is 32.1. The molecule has 0 saturated heterocycles. The largest absolute Gasteiger partial charge is 0.494 e. The summed E-state index contributed by atoms with van der Waals surface area (Å²) in [6, 6.07) is 9.96. The normalized spacial score (nSPS) is 12.3. The zero-order valence-electron chi connectivity index (χ0n) is 19.0. The third-order valence-electron chi connectivity index (χ3n) is 4.93. The maximum absolute atomic E-state index is 12.8. The molecule has 7 heteroatoms. The van der Waals surface area contributed by atoms with Gasteiger partial charge in [-0.3, -0.25) is 0 Å². The van der Waals surface area contributed by atoms with Crippen LogP contribution in [-0.4, -0.2) is 36.8 Å². The van der Waals surface area contributed by atoms with Crippen LogP contribution in [-0.2, 0) is 4.74 Å². The van der Waals surface area contributed by atoms with Crippen molar-refractivity contribution in [3.8, 4) is 22.7 Å².